The molecule has 0 aromatic heterocycles. The Kier molecular flexibility index (Phi) is 4.80. The number of anilines is 1. The zero-order valence-electron chi connectivity index (χ0n) is 12.6. The molecule has 1 aromatic carbocycles. The van der Waals surface area contributed by atoms with Gasteiger partial charge in [-0.1, -0.05) is 15.9 Å². The van der Waals surface area contributed by atoms with Crippen LogP contribution in [0.15, 0.2) is 22.7 Å². The van der Waals surface area contributed by atoms with E-state index in [1.54, 1.807) is 12.1 Å². The van der Waals surface area contributed by atoms with Crippen LogP contribution in [0.1, 0.15) is 25.7 Å². The van der Waals surface area contributed by atoms with Gasteiger partial charge in [-0.3, -0.25) is 9.69 Å². The lowest BCUT2D eigenvalue weighted by molar-refractivity contribution is -0.117. The largest absolute Gasteiger partial charge is 0.322 e. The predicted octanol–water partition coefficient (Wildman–Crippen LogP) is 2.74. The van der Waals surface area contributed by atoms with Crippen molar-refractivity contribution in [2.75, 3.05) is 18.9 Å². The Balaban J connectivity index is 1.55. The molecule has 0 saturated carbocycles. The molecule has 0 aliphatic carbocycles. The van der Waals surface area contributed by atoms with Gasteiger partial charge in [0, 0.05) is 22.6 Å². The summed E-state index contributed by atoms with van der Waals surface area (Å²) in [5, 5.41) is 6.25. The van der Waals surface area contributed by atoms with Crippen molar-refractivity contribution in [2.24, 2.45) is 0 Å². The van der Waals surface area contributed by atoms with E-state index in [1.165, 1.54) is 18.9 Å². The lowest BCUT2D eigenvalue weighted by Crippen LogP contribution is -2.48. The number of carbonyl (C=O) groups excluding carboxylic acids is 1. The molecule has 0 spiro atoms. The van der Waals surface area contributed by atoms with Crippen molar-refractivity contribution in [1.82, 2.24) is 10.2 Å². The number of rotatable bonds is 4. The molecule has 4 nitrogen and oxygen atoms in total. The van der Waals surface area contributed by atoms with Gasteiger partial charge in [-0.25, -0.2) is 4.39 Å². The summed E-state index contributed by atoms with van der Waals surface area (Å²) in [6, 6.07) is 6.26. The van der Waals surface area contributed by atoms with Gasteiger partial charge in [-0.2, -0.15) is 0 Å². The van der Waals surface area contributed by atoms with E-state index in [0.717, 1.165) is 12.8 Å². The first kappa shape index (κ1) is 15.9. The Morgan fingerprint density at radius 2 is 2.09 bits per heavy atom. The van der Waals surface area contributed by atoms with Crippen molar-refractivity contribution < 1.29 is 9.18 Å². The van der Waals surface area contributed by atoms with Gasteiger partial charge in [0.15, 0.2) is 0 Å². The van der Waals surface area contributed by atoms with E-state index in [1.807, 2.05) is 7.05 Å². The minimum atomic E-state index is -0.426. The summed E-state index contributed by atoms with van der Waals surface area (Å²) in [7, 11) is 1.98. The number of hydrogen-bond acceptors (Lipinski definition) is 3. The number of nitrogens with zero attached hydrogens (tertiary/aromatic N) is 1. The number of amides is 1. The van der Waals surface area contributed by atoms with E-state index < -0.39 is 5.82 Å². The van der Waals surface area contributed by atoms with Crippen LogP contribution in [0.4, 0.5) is 10.1 Å². The highest BCUT2D eigenvalue weighted by molar-refractivity contribution is 9.10. The maximum atomic E-state index is 13.7. The van der Waals surface area contributed by atoms with Gasteiger partial charge >= 0.3 is 0 Å². The molecule has 2 unspecified atom stereocenters. The fourth-order valence-corrected chi connectivity index (χ4v) is 3.86. The SMILES string of the molecule is CN(CC(=O)Nc1ccc(Br)cc1F)C1CC2CCC(C1)N2. The van der Waals surface area contributed by atoms with E-state index in [-0.39, 0.29) is 11.6 Å². The smallest absolute Gasteiger partial charge is 0.238 e. The molecule has 6 heteroatoms. The standard InChI is InChI=1S/C16H21BrFN3O/c1-21(13-7-11-3-4-12(8-13)19-11)9-16(22)20-15-5-2-10(17)6-14(15)18/h2,5-6,11-13,19H,3-4,7-9H2,1H3,(H,20,22). The molecule has 22 heavy (non-hydrogen) atoms. The van der Waals surface area contributed by atoms with E-state index in [4.69, 9.17) is 0 Å². The van der Waals surface area contributed by atoms with Gasteiger partial charge in [-0.15, -0.1) is 0 Å². The highest BCUT2D eigenvalue weighted by Gasteiger charge is 2.35. The van der Waals surface area contributed by atoms with Crippen LogP contribution >= 0.6 is 15.9 Å². The first-order valence-electron chi connectivity index (χ1n) is 7.72. The predicted molar refractivity (Wildman–Crippen MR) is 88.3 cm³/mol. The fourth-order valence-electron chi connectivity index (χ4n) is 3.52. The molecule has 2 N–H and O–H groups in total. The van der Waals surface area contributed by atoms with Crippen LogP contribution in [0.2, 0.25) is 0 Å². The van der Waals surface area contributed by atoms with Crippen molar-refractivity contribution >= 4 is 27.5 Å². The Bertz CT molecular complexity index is 556. The topological polar surface area (TPSA) is 44.4 Å². The molecule has 0 radical (unpaired) electrons. The molecule has 1 aromatic rings. The van der Waals surface area contributed by atoms with Crippen LogP contribution in [0.25, 0.3) is 0 Å². The number of benzene rings is 1. The van der Waals surface area contributed by atoms with Crippen molar-refractivity contribution in [2.45, 2.75) is 43.8 Å². The average Bonchev–Trinajstić information content (AvgIpc) is 2.80. The maximum Gasteiger partial charge on any atom is 0.238 e. The quantitative estimate of drug-likeness (QED) is 0.857. The van der Waals surface area contributed by atoms with Gasteiger partial charge in [0.2, 0.25) is 5.91 Å². The highest BCUT2D eigenvalue weighted by atomic mass is 79.9. The molecule has 120 valence electrons. The third-order valence-corrected chi connectivity index (χ3v) is 5.16. The number of hydrogen-bond donors (Lipinski definition) is 2. The summed E-state index contributed by atoms with van der Waals surface area (Å²) in [6.07, 6.45) is 4.66. The second-order valence-electron chi connectivity index (χ2n) is 6.35. The first-order chi connectivity index (χ1) is 10.5. The molecular formula is C16H21BrFN3O. The van der Waals surface area contributed by atoms with Gasteiger partial charge < -0.3 is 10.6 Å². The summed E-state index contributed by atoms with van der Waals surface area (Å²) >= 11 is 3.21. The Morgan fingerprint density at radius 3 is 2.73 bits per heavy atom. The number of piperidine rings is 1. The monoisotopic (exact) mass is 369 g/mol. The second kappa shape index (κ2) is 6.64. The molecule has 2 saturated heterocycles. The van der Waals surface area contributed by atoms with E-state index in [0.29, 0.717) is 29.1 Å². The van der Waals surface area contributed by atoms with Gasteiger partial charge in [-0.05, 0) is 50.9 Å². The molecule has 2 heterocycles. The van der Waals surface area contributed by atoms with Crippen LogP contribution in [-0.2, 0) is 4.79 Å². The summed E-state index contributed by atoms with van der Waals surface area (Å²) in [6.45, 7) is 0.291. The zero-order chi connectivity index (χ0) is 15.7. The molecular weight excluding hydrogens is 349 g/mol. The average molecular weight is 370 g/mol. The normalized spacial score (nSPS) is 27.2. The molecule has 2 aliphatic rings. The minimum Gasteiger partial charge on any atom is -0.322 e. The number of likely N-dealkylation sites (N-methyl/N-ethyl adjacent to an activating group) is 1. The molecule has 3 rings (SSSR count). The second-order valence-corrected chi connectivity index (χ2v) is 7.27. The van der Waals surface area contributed by atoms with Crippen LogP contribution < -0.4 is 10.6 Å². The van der Waals surface area contributed by atoms with Crippen LogP contribution in [0.3, 0.4) is 0 Å². The number of halogens is 2. The lowest BCUT2D eigenvalue weighted by Gasteiger charge is -2.35. The Labute approximate surface area is 138 Å². The van der Waals surface area contributed by atoms with Gasteiger partial charge in [0.1, 0.15) is 5.82 Å². The van der Waals surface area contributed by atoms with Crippen molar-refractivity contribution in [3.8, 4) is 0 Å². The van der Waals surface area contributed by atoms with Crippen LogP contribution in [-0.4, -0.2) is 42.5 Å². The van der Waals surface area contributed by atoms with Crippen LogP contribution in [0, 0.1) is 5.82 Å². The number of carbonyl (C=O) groups is 1. The summed E-state index contributed by atoms with van der Waals surface area (Å²) in [4.78, 5) is 14.2. The van der Waals surface area contributed by atoms with Crippen LogP contribution in [0.5, 0.6) is 0 Å². The highest BCUT2D eigenvalue weighted by Crippen LogP contribution is 2.29. The minimum absolute atomic E-state index is 0.172. The van der Waals surface area contributed by atoms with Crippen molar-refractivity contribution in [1.29, 1.82) is 0 Å². The maximum absolute atomic E-state index is 13.7. The van der Waals surface area contributed by atoms with E-state index in [9.17, 15) is 9.18 Å². The molecule has 2 bridgehead atoms. The lowest BCUT2D eigenvalue weighted by atomic mass is 9.98. The van der Waals surface area contributed by atoms with Crippen molar-refractivity contribution in [3.05, 3.63) is 28.5 Å². The summed E-state index contributed by atoms with van der Waals surface area (Å²) < 4.78 is 14.4. The van der Waals surface area contributed by atoms with Crippen molar-refractivity contribution in [3.63, 3.8) is 0 Å². The Hall–Kier alpha value is -0.980. The fraction of sp³-hybridized carbons (Fsp3) is 0.562. The molecule has 1 amide bonds. The Morgan fingerprint density at radius 1 is 1.41 bits per heavy atom. The van der Waals surface area contributed by atoms with E-state index in [2.05, 4.69) is 31.5 Å². The summed E-state index contributed by atoms with van der Waals surface area (Å²) in [5.74, 6) is -0.597. The number of fused-ring (bicyclic) bond motifs is 2. The third kappa shape index (κ3) is 3.67. The first-order valence-corrected chi connectivity index (χ1v) is 8.52. The van der Waals surface area contributed by atoms with Gasteiger partial charge in [0.05, 0.1) is 12.2 Å². The van der Waals surface area contributed by atoms with Gasteiger partial charge in [0.25, 0.3) is 0 Å². The molecule has 2 aliphatic heterocycles. The molecule has 2 atom stereocenters. The summed E-state index contributed by atoms with van der Waals surface area (Å²) in [5.41, 5.74) is 0.229. The molecule has 2 fully saturated rings. The zero-order valence-corrected chi connectivity index (χ0v) is 14.2. The van der Waals surface area contributed by atoms with E-state index >= 15 is 0 Å². The number of nitrogens with one attached hydrogen (secondary N) is 2. The third-order valence-electron chi connectivity index (χ3n) is 4.67.